The summed E-state index contributed by atoms with van der Waals surface area (Å²) in [6.07, 6.45) is 8.23. The molecule has 1 atom stereocenters. The van der Waals surface area contributed by atoms with E-state index in [9.17, 15) is 14.4 Å². The lowest BCUT2D eigenvalue weighted by Gasteiger charge is -2.30. The van der Waals surface area contributed by atoms with Crippen LogP contribution in [-0.2, 0) is 13.0 Å². The number of imide groups is 1. The summed E-state index contributed by atoms with van der Waals surface area (Å²) >= 11 is 0. The number of hydrogen-bond acceptors (Lipinski definition) is 6. The van der Waals surface area contributed by atoms with Gasteiger partial charge in [-0.3, -0.25) is 29.3 Å². The Morgan fingerprint density at radius 1 is 0.778 bits per heavy atom. The minimum atomic E-state index is -0.409. The van der Waals surface area contributed by atoms with Gasteiger partial charge in [-0.2, -0.15) is 0 Å². The van der Waals surface area contributed by atoms with E-state index in [-0.39, 0.29) is 18.2 Å². The molecule has 36 heavy (non-hydrogen) atoms. The molecule has 0 saturated carbocycles. The highest BCUT2D eigenvalue weighted by Gasteiger charge is 2.36. The van der Waals surface area contributed by atoms with Gasteiger partial charge in [0, 0.05) is 69.4 Å². The number of benzene rings is 2. The van der Waals surface area contributed by atoms with E-state index in [1.807, 2.05) is 18.2 Å². The second-order valence-electron chi connectivity index (χ2n) is 9.27. The molecule has 3 heterocycles. The molecule has 2 aromatic heterocycles. The maximum atomic E-state index is 13.8. The van der Waals surface area contributed by atoms with Crippen molar-refractivity contribution < 1.29 is 14.4 Å². The fourth-order valence-electron chi connectivity index (χ4n) is 5.31. The van der Waals surface area contributed by atoms with Gasteiger partial charge < -0.3 is 5.41 Å². The first-order chi connectivity index (χ1) is 17.5. The first-order valence-electron chi connectivity index (χ1n) is 11.9. The predicted octanol–water partition coefficient (Wildman–Crippen LogP) is 4.63. The van der Waals surface area contributed by atoms with Crippen LogP contribution in [-0.4, -0.2) is 38.2 Å². The van der Waals surface area contributed by atoms with Crippen LogP contribution in [0.4, 0.5) is 0 Å². The van der Waals surface area contributed by atoms with Gasteiger partial charge >= 0.3 is 0 Å². The van der Waals surface area contributed by atoms with E-state index in [0.29, 0.717) is 58.0 Å². The second kappa shape index (κ2) is 8.61. The van der Waals surface area contributed by atoms with Crippen molar-refractivity contribution in [1.29, 1.82) is 5.41 Å². The Bertz CT molecular complexity index is 1540. The second-order valence-corrected chi connectivity index (χ2v) is 9.27. The molecule has 1 N–H and O–H groups in total. The van der Waals surface area contributed by atoms with Crippen LogP contribution in [0.25, 0.3) is 10.8 Å². The van der Waals surface area contributed by atoms with Crippen LogP contribution < -0.4 is 0 Å². The lowest BCUT2D eigenvalue weighted by atomic mass is 9.78. The summed E-state index contributed by atoms with van der Waals surface area (Å²) in [5, 5.41) is 9.79. The Kier molecular flexibility index (Phi) is 5.25. The van der Waals surface area contributed by atoms with Gasteiger partial charge in [0.05, 0.1) is 6.54 Å². The number of rotatable bonds is 4. The lowest BCUT2D eigenvalue weighted by Crippen LogP contribution is -2.40. The van der Waals surface area contributed by atoms with Crippen molar-refractivity contribution >= 4 is 34.1 Å². The summed E-state index contributed by atoms with van der Waals surface area (Å²) in [5.74, 6) is -1.17. The minimum absolute atomic E-state index is 0.0333. The van der Waals surface area contributed by atoms with E-state index >= 15 is 0 Å². The van der Waals surface area contributed by atoms with Crippen LogP contribution in [0.15, 0.2) is 73.3 Å². The molecular formula is C29H22N4O3. The van der Waals surface area contributed by atoms with Crippen LogP contribution in [0.3, 0.4) is 0 Å². The molecule has 0 radical (unpaired) electrons. The summed E-state index contributed by atoms with van der Waals surface area (Å²) in [6.45, 7) is 0.109. The molecule has 0 fully saturated rings. The van der Waals surface area contributed by atoms with Gasteiger partial charge in [0.1, 0.15) is 0 Å². The van der Waals surface area contributed by atoms with Crippen molar-refractivity contribution in [1.82, 2.24) is 14.9 Å². The molecule has 0 saturated heterocycles. The lowest BCUT2D eigenvalue weighted by molar-refractivity contribution is 0.0597. The Labute approximate surface area is 207 Å². The largest absolute Gasteiger partial charge is 0.305 e. The van der Waals surface area contributed by atoms with Crippen molar-refractivity contribution in [2.24, 2.45) is 5.92 Å². The van der Waals surface area contributed by atoms with Crippen LogP contribution in [0.2, 0.25) is 0 Å². The van der Waals surface area contributed by atoms with Gasteiger partial charge in [-0.1, -0.05) is 18.2 Å². The minimum Gasteiger partial charge on any atom is -0.305 e. The number of nitrogens with one attached hydrogen (secondary N) is 1. The maximum Gasteiger partial charge on any atom is 0.261 e. The van der Waals surface area contributed by atoms with Gasteiger partial charge in [-0.15, -0.1) is 0 Å². The van der Waals surface area contributed by atoms with E-state index in [1.165, 1.54) is 4.90 Å². The number of nitrogens with zero attached hydrogens (tertiary/aromatic N) is 3. The van der Waals surface area contributed by atoms with Crippen LogP contribution in [0, 0.1) is 11.3 Å². The number of carbonyl (C=O) groups excluding carboxylic acids is 3. The molecule has 2 aromatic carbocycles. The van der Waals surface area contributed by atoms with E-state index in [0.717, 1.165) is 11.1 Å². The molecule has 7 heteroatoms. The smallest absolute Gasteiger partial charge is 0.261 e. The third-order valence-corrected chi connectivity index (χ3v) is 7.08. The maximum absolute atomic E-state index is 13.8. The van der Waals surface area contributed by atoms with Crippen molar-refractivity contribution in [3.05, 3.63) is 107 Å². The Morgan fingerprint density at radius 2 is 1.36 bits per heavy atom. The summed E-state index contributed by atoms with van der Waals surface area (Å²) < 4.78 is 0. The van der Waals surface area contributed by atoms with Crippen molar-refractivity contribution in [2.45, 2.75) is 25.8 Å². The monoisotopic (exact) mass is 474 g/mol. The highest BCUT2D eigenvalue weighted by molar-refractivity contribution is 6.30. The standard InChI is InChI=1S/C29H22N4O3/c30-24-10-5-19(13-17-3-1-11-31-14-17)27(34)21-7-9-23-26-22(8-6-20(24)25(21)26)28(35)33(29(23)36)16-18-4-2-12-32-15-18/h1-4,6-9,11-12,14-15,19,30H,5,10,13,16H2. The average Bonchev–Trinajstić information content (AvgIpc) is 2.91. The molecule has 1 unspecified atom stereocenters. The molecule has 1 aliphatic heterocycles. The van der Waals surface area contributed by atoms with Crippen molar-refractivity contribution in [3.63, 3.8) is 0 Å². The molecule has 7 nitrogen and oxygen atoms in total. The highest BCUT2D eigenvalue weighted by Crippen LogP contribution is 2.38. The normalized spacial score (nSPS) is 17.3. The van der Waals surface area contributed by atoms with E-state index < -0.39 is 11.8 Å². The quantitative estimate of drug-likeness (QED) is 0.434. The Balaban J connectivity index is 1.48. The van der Waals surface area contributed by atoms with Gasteiger partial charge in [0.25, 0.3) is 11.8 Å². The molecule has 2 amide bonds. The first kappa shape index (κ1) is 22.0. The van der Waals surface area contributed by atoms with Crippen LogP contribution in [0.5, 0.6) is 0 Å². The van der Waals surface area contributed by atoms with Crippen LogP contribution in [0.1, 0.15) is 60.6 Å². The van der Waals surface area contributed by atoms with Crippen LogP contribution >= 0.6 is 0 Å². The van der Waals surface area contributed by atoms with Gasteiger partial charge in [0.15, 0.2) is 5.78 Å². The summed E-state index contributed by atoms with van der Waals surface area (Å²) in [7, 11) is 0. The fourth-order valence-corrected chi connectivity index (χ4v) is 5.31. The van der Waals surface area contributed by atoms with Crippen molar-refractivity contribution in [3.8, 4) is 0 Å². The van der Waals surface area contributed by atoms with Crippen molar-refractivity contribution in [2.75, 3.05) is 0 Å². The molecule has 2 aliphatic rings. The zero-order chi connectivity index (χ0) is 24.8. The molecule has 6 rings (SSSR count). The number of aromatic nitrogens is 2. The number of pyridine rings is 2. The van der Waals surface area contributed by atoms with Gasteiger partial charge in [-0.25, -0.2) is 0 Å². The summed E-state index contributed by atoms with van der Waals surface area (Å²) in [5.41, 5.74) is 3.93. The summed E-state index contributed by atoms with van der Waals surface area (Å²) in [6, 6.07) is 14.2. The van der Waals surface area contributed by atoms with Gasteiger partial charge in [0.2, 0.25) is 0 Å². The fraction of sp³-hybridized carbons (Fsp3) is 0.172. The number of Topliss-reactive ketones (excluding diaryl/α,β-unsaturated/α-hetero) is 1. The highest BCUT2D eigenvalue weighted by atomic mass is 16.2. The third-order valence-electron chi connectivity index (χ3n) is 7.08. The van der Waals surface area contributed by atoms with E-state index in [2.05, 4.69) is 9.97 Å². The number of hydrogen-bond donors (Lipinski definition) is 1. The predicted molar refractivity (Wildman–Crippen MR) is 134 cm³/mol. The Morgan fingerprint density at radius 3 is 2.00 bits per heavy atom. The average molecular weight is 475 g/mol. The van der Waals surface area contributed by atoms with E-state index in [4.69, 9.17) is 5.41 Å². The SMILES string of the molecule is N=C1CCC(Cc2cccnc2)C(=O)c2ccc3c4c(ccc1c24)C(=O)N(Cc1cccnc1)C3=O. The summed E-state index contributed by atoms with van der Waals surface area (Å²) in [4.78, 5) is 50.3. The Hall–Kier alpha value is -4.52. The first-order valence-corrected chi connectivity index (χ1v) is 11.9. The third kappa shape index (κ3) is 3.51. The number of amides is 2. The molecule has 1 aliphatic carbocycles. The molecule has 0 spiro atoms. The number of ketones is 1. The molecule has 0 bridgehead atoms. The number of carbonyl (C=O) groups is 3. The zero-order valence-corrected chi connectivity index (χ0v) is 19.4. The zero-order valence-electron chi connectivity index (χ0n) is 19.4. The molecule has 4 aromatic rings. The topological polar surface area (TPSA) is 104 Å². The molecular weight excluding hydrogens is 452 g/mol. The van der Waals surface area contributed by atoms with E-state index in [1.54, 1.807) is 55.1 Å². The molecule has 176 valence electrons. The van der Waals surface area contributed by atoms with Gasteiger partial charge in [-0.05, 0) is 60.7 Å².